The Morgan fingerprint density at radius 2 is 1.93 bits per heavy atom. The lowest BCUT2D eigenvalue weighted by molar-refractivity contribution is 0.978. The Hall–Kier alpha value is -1.69. The zero-order chi connectivity index (χ0) is 9.38. The first-order valence-corrected chi connectivity index (χ1v) is 4.82. The molecule has 3 heterocycles. The second kappa shape index (κ2) is 2.91. The molecule has 3 rings (SSSR count). The van der Waals surface area contributed by atoms with Crippen molar-refractivity contribution in [1.29, 1.82) is 0 Å². The van der Waals surface area contributed by atoms with Crippen LogP contribution in [0.4, 0.5) is 11.5 Å². The Bertz CT molecular complexity index is 399. The first-order valence-electron chi connectivity index (χ1n) is 4.00. The van der Waals surface area contributed by atoms with Gasteiger partial charge in [0.2, 0.25) is 0 Å². The molecule has 1 aliphatic rings. The number of rotatable bonds is 0. The minimum atomic E-state index is 0.776. The number of hydrogen-bond donors (Lipinski definition) is 1. The number of nitrogens with zero attached hydrogens (tertiary/aromatic N) is 4. The van der Waals surface area contributed by atoms with Crippen LogP contribution in [-0.4, -0.2) is 20.2 Å². The Morgan fingerprint density at radius 3 is 2.93 bits per heavy atom. The molecule has 0 amide bonds. The summed E-state index contributed by atoms with van der Waals surface area (Å²) in [5.74, 6) is 0.776. The number of aromatic nitrogens is 4. The van der Waals surface area contributed by atoms with Crippen molar-refractivity contribution in [3.8, 4) is 0 Å². The molecular weight excluding hydrogens is 198 g/mol. The molecule has 0 fully saturated rings. The summed E-state index contributed by atoms with van der Waals surface area (Å²) in [6, 6.07) is 0. The lowest BCUT2D eigenvalue weighted by atomic mass is 10.4. The zero-order valence-electron chi connectivity index (χ0n) is 7.01. The molecule has 1 N–H and O–H groups in total. The molecule has 2 aromatic rings. The van der Waals surface area contributed by atoms with Gasteiger partial charge >= 0.3 is 0 Å². The maximum Gasteiger partial charge on any atom is 0.163 e. The molecule has 0 saturated heterocycles. The van der Waals surface area contributed by atoms with Crippen LogP contribution in [0.25, 0.3) is 0 Å². The fraction of sp³-hybridized carbons (Fsp3) is 0. The van der Waals surface area contributed by atoms with E-state index in [1.165, 1.54) is 0 Å². The number of anilines is 2. The lowest BCUT2D eigenvalue weighted by Crippen LogP contribution is -2.04. The van der Waals surface area contributed by atoms with E-state index in [0.717, 1.165) is 21.4 Å². The summed E-state index contributed by atoms with van der Waals surface area (Å²) in [5.41, 5.74) is 0.929. The van der Waals surface area contributed by atoms with Crippen LogP contribution in [0.15, 0.2) is 34.7 Å². The van der Waals surface area contributed by atoms with Crippen molar-refractivity contribution >= 4 is 23.3 Å². The van der Waals surface area contributed by atoms with Crippen molar-refractivity contribution in [3.63, 3.8) is 0 Å². The first-order chi connectivity index (χ1) is 6.93. The van der Waals surface area contributed by atoms with E-state index in [-0.39, 0.29) is 0 Å². The maximum atomic E-state index is 4.21. The highest BCUT2D eigenvalue weighted by molar-refractivity contribution is 7.99. The predicted molar refractivity (Wildman–Crippen MR) is 51.5 cm³/mol. The summed E-state index contributed by atoms with van der Waals surface area (Å²) in [7, 11) is 0. The number of hydrogen-bond acceptors (Lipinski definition) is 6. The van der Waals surface area contributed by atoms with Crippen LogP contribution in [0.3, 0.4) is 0 Å². The van der Waals surface area contributed by atoms with E-state index >= 15 is 0 Å². The molecule has 0 saturated carbocycles. The molecule has 2 aromatic heterocycles. The fourth-order valence-corrected chi connectivity index (χ4v) is 2.04. The second-order valence-corrected chi connectivity index (χ2v) is 3.73. The summed E-state index contributed by atoms with van der Waals surface area (Å²) < 4.78 is 0. The largest absolute Gasteiger partial charge is 0.336 e. The van der Waals surface area contributed by atoms with E-state index in [0.29, 0.717) is 0 Å². The van der Waals surface area contributed by atoms with Crippen LogP contribution in [-0.2, 0) is 0 Å². The van der Waals surface area contributed by atoms with E-state index in [1.807, 2.05) is 0 Å². The quantitative estimate of drug-likeness (QED) is 0.597. The summed E-state index contributed by atoms with van der Waals surface area (Å²) >= 11 is 1.54. The Balaban J connectivity index is 2.12. The van der Waals surface area contributed by atoms with E-state index in [4.69, 9.17) is 0 Å². The van der Waals surface area contributed by atoms with Crippen molar-refractivity contribution in [2.45, 2.75) is 9.92 Å². The molecule has 14 heavy (non-hydrogen) atoms. The van der Waals surface area contributed by atoms with Crippen LogP contribution in [0.2, 0.25) is 0 Å². The van der Waals surface area contributed by atoms with Gasteiger partial charge in [-0.3, -0.25) is 0 Å². The van der Waals surface area contributed by atoms with Crippen molar-refractivity contribution in [2.75, 3.05) is 5.32 Å². The molecule has 5 nitrogen and oxygen atoms in total. The molecule has 0 radical (unpaired) electrons. The van der Waals surface area contributed by atoms with E-state index in [1.54, 1.807) is 36.5 Å². The maximum absolute atomic E-state index is 4.21. The molecule has 0 aliphatic carbocycles. The van der Waals surface area contributed by atoms with Gasteiger partial charge in [0, 0.05) is 12.4 Å². The third-order valence-electron chi connectivity index (χ3n) is 1.82. The van der Waals surface area contributed by atoms with Crippen molar-refractivity contribution < 1.29 is 0 Å². The summed E-state index contributed by atoms with van der Waals surface area (Å²) in [5, 5.41) is 11.6. The van der Waals surface area contributed by atoms with Gasteiger partial charge in [-0.1, -0.05) is 11.8 Å². The molecule has 6 heteroatoms. The van der Waals surface area contributed by atoms with Crippen LogP contribution in [0.5, 0.6) is 0 Å². The van der Waals surface area contributed by atoms with Crippen molar-refractivity contribution in [3.05, 3.63) is 24.8 Å². The average Bonchev–Trinajstić information content (AvgIpc) is 2.26. The smallest absolute Gasteiger partial charge is 0.163 e. The van der Waals surface area contributed by atoms with E-state index in [9.17, 15) is 0 Å². The normalized spacial score (nSPS) is 12.6. The Labute approximate surface area is 84.0 Å². The monoisotopic (exact) mass is 203 g/mol. The fourth-order valence-electron chi connectivity index (χ4n) is 1.20. The average molecular weight is 203 g/mol. The van der Waals surface area contributed by atoms with Gasteiger partial charge in [0.1, 0.15) is 5.03 Å². The highest BCUT2D eigenvalue weighted by Crippen LogP contribution is 2.40. The number of nitrogens with one attached hydrogen (secondary N) is 1. The van der Waals surface area contributed by atoms with Crippen LogP contribution >= 0.6 is 11.8 Å². The molecule has 0 aromatic carbocycles. The minimum Gasteiger partial charge on any atom is -0.336 e. The van der Waals surface area contributed by atoms with Gasteiger partial charge in [0.15, 0.2) is 5.82 Å². The predicted octanol–water partition coefficient (Wildman–Crippen LogP) is 1.47. The third-order valence-corrected chi connectivity index (χ3v) is 2.86. The highest BCUT2D eigenvalue weighted by Gasteiger charge is 2.17. The lowest BCUT2D eigenvalue weighted by Gasteiger charge is -2.16. The molecule has 1 aliphatic heterocycles. The van der Waals surface area contributed by atoms with Crippen molar-refractivity contribution in [2.24, 2.45) is 0 Å². The van der Waals surface area contributed by atoms with E-state index < -0.39 is 0 Å². The van der Waals surface area contributed by atoms with Gasteiger partial charge in [-0.15, -0.1) is 0 Å². The number of fused-ring (bicyclic) bond motifs is 2. The van der Waals surface area contributed by atoms with Crippen LogP contribution < -0.4 is 5.32 Å². The van der Waals surface area contributed by atoms with Crippen LogP contribution in [0.1, 0.15) is 0 Å². The van der Waals surface area contributed by atoms with Gasteiger partial charge in [-0.25, -0.2) is 9.97 Å². The SMILES string of the molecule is c1cnc2c(n1)Nc1cnncc1S2. The van der Waals surface area contributed by atoms with Gasteiger partial charge in [-0.2, -0.15) is 10.2 Å². The molecular formula is C8H5N5S. The minimum absolute atomic E-state index is 0.776. The van der Waals surface area contributed by atoms with E-state index in [2.05, 4.69) is 25.5 Å². The highest BCUT2D eigenvalue weighted by atomic mass is 32.2. The Kier molecular flexibility index (Phi) is 1.60. The summed E-state index contributed by atoms with van der Waals surface area (Å²) in [4.78, 5) is 9.40. The molecule has 0 unspecified atom stereocenters. The van der Waals surface area contributed by atoms with Gasteiger partial charge in [-0.05, 0) is 0 Å². The second-order valence-electron chi connectivity index (χ2n) is 2.70. The zero-order valence-corrected chi connectivity index (χ0v) is 7.82. The summed E-state index contributed by atoms with van der Waals surface area (Å²) in [6.07, 6.45) is 6.73. The van der Waals surface area contributed by atoms with Gasteiger partial charge in [0.05, 0.1) is 23.0 Å². The van der Waals surface area contributed by atoms with Gasteiger partial charge < -0.3 is 5.32 Å². The Morgan fingerprint density at radius 1 is 1.07 bits per heavy atom. The first kappa shape index (κ1) is 7.69. The standard InChI is InChI=1S/C8H5N5S/c1-2-10-8-7(9-1)13-5-3-11-12-4-6(5)14-8/h1-4H,(H,9,13). The third kappa shape index (κ3) is 1.12. The van der Waals surface area contributed by atoms with Crippen molar-refractivity contribution in [1.82, 2.24) is 20.2 Å². The topological polar surface area (TPSA) is 63.6 Å². The molecule has 0 atom stereocenters. The molecule has 0 spiro atoms. The van der Waals surface area contributed by atoms with Gasteiger partial charge in [0.25, 0.3) is 0 Å². The van der Waals surface area contributed by atoms with Crippen LogP contribution in [0, 0.1) is 0 Å². The molecule has 0 bridgehead atoms. The molecule has 68 valence electrons. The summed E-state index contributed by atoms with van der Waals surface area (Å²) in [6.45, 7) is 0.